The molecule has 0 fully saturated rings. The number of amides is 1. The van der Waals surface area contributed by atoms with Crippen LogP contribution < -0.4 is 5.73 Å². The van der Waals surface area contributed by atoms with Crippen LogP contribution in [-0.2, 0) is 0 Å². The van der Waals surface area contributed by atoms with Gasteiger partial charge in [-0.05, 0) is 19.4 Å². The number of hydrogen-bond acceptors (Lipinski definition) is 4. The molecular weight excluding hydrogens is 242 g/mol. The highest BCUT2D eigenvalue weighted by Gasteiger charge is 2.16. The van der Waals surface area contributed by atoms with Gasteiger partial charge in [-0.2, -0.15) is 0 Å². The molecule has 1 amide bonds. The number of aromatic nitrogens is 1. The van der Waals surface area contributed by atoms with Crippen LogP contribution in [0.15, 0.2) is 18.5 Å². The quantitative estimate of drug-likeness (QED) is 0.744. The molecule has 1 heterocycles. The van der Waals surface area contributed by atoms with Gasteiger partial charge >= 0.3 is 0 Å². The van der Waals surface area contributed by atoms with E-state index in [1.807, 2.05) is 6.92 Å². The molecule has 0 bridgehead atoms. The molecule has 0 saturated heterocycles. The van der Waals surface area contributed by atoms with Gasteiger partial charge in [0.15, 0.2) is 0 Å². The van der Waals surface area contributed by atoms with Crippen LogP contribution >= 0.6 is 0 Å². The van der Waals surface area contributed by atoms with E-state index in [1.165, 1.54) is 0 Å². The van der Waals surface area contributed by atoms with E-state index in [0.717, 1.165) is 0 Å². The Hall–Kier alpha value is -1.90. The molecule has 0 aromatic carbocycles. The monoisotopic (exact) mass is 261 g/mol. The van der Waals surface area contributed by atoms with E-state index in [9.17, 15) is 4.79 Å². The number of carbonyl (C=O) groups is 1. The lowest BCUT2D eigenvalue weighted by molar-refractivity contribution is 0.0754. The molecule has 3 N–H and O–H groups in total. The summed E-state index contributed by atoms with van der Waals surface area (Å²) in [6.07, 6.45) is 3.70. The molecule has 0 atom stereocenters. The molecular formula is C14H19N3O2. The molecule has 5 nitrogen and oxygen atoms in total. The second-order valence-electron chi connectivity index (χ2n) is 3.89. The van der Waals surface area contributed by atoms with Crippen LogP contribution in [0.4, 0.5) is 0 Å². The van der Waals surface area contributed by atoms with Gasteiger partial charge in [0, 0.05) is 32.1 Å². The summed E-state index contributed by atoms with van der Waals surface area (Å²) < 4.78 is 0. The molecule has 19 heavy (non-hydrogen) atoms. The Morgan fingerprint density at radius 3 is 3.00 bits per heavy atom. The van der Waals surface area contributed by atoms with Crippen molar-refractivity contribution < 1.29 is 9.90 Å². The molecule has 5 heteroatoms. The van der Waals surface area contributed by atoms with E-state index < -0.39 is 0 Å². The lowest BCUT2D eigenvalue weighted by atomic mass is 10.1. The average molecular weight is 261 g/mol. The molecule has 0 aliphatic heterocycles. The highest BCUT2D eigenvalue weighted by atomic mass is 16.3. The Morgan fingerprint density at radius 2 is 2.37 bits per heavy atom. The second-order valence-corrected chi connectivity index (χ2v) is 3.89. The van der Waals surface area contributed by atoms with Crippen molar-refractivity contribution in [3.8, 4) is 11.8 Å². The smallest absolute Gasteiger partial charge is 0.255 e. The molecule has 0 aliphatic rings. The Balaban J connectivity index is 2.97. The zero-order valence-electron chi connectivity index (χ0n) is 11.1. The minimum atomic E-state index is -0.0975. The second kappa shape index (κ2) is 8.25. The number of pyridine rings is 1. The molecule has 102 valence electrons. The van der Waals surface area contributed by atoms with Crippen molar-refractivity contribution in [2.24, 2.45) is 5.73 Å². The predicted molar refractivity (Wildman–Crippen MR) is 73.4 cm³/mol. The standard InChI is InChI=1S/C14H19N3O2/c1-2-17(9-4-10-18)14(19)13-6-8-16-11-12(13)5-3-7-15/h6,8,11,18H,2,4,7,9-10,15H2,1H3. The Labute approximate surface area is 113 Å². The third kappa shape index (κ3) is 4.36. The van der Waals surface area contributed by atoms with Gasteiger partial charge < -0.3 is 15.7 Å². The van der Waals surface area contributed by atoms with Crippen molar-refractivity contribution in [1.29, 1.82) is 0 Å². The fraction of sp³-hybridized carbons (Fsp3) is 0.429. The van der Waals surface area contributed by atoms with Gasteiger partial charge in [-0.15, -0.1) is 0 Å². The van der Waals surface area contributed by atoms with Crippen LogP contribution in [0.1, 0.15) is 29.3 Å². The molecule has 1 aromatic heterocycles. The zero-order valence-corrected chi connectivity index (χ0v) is 11.1. The topological polar surface area (TPSA) is 79.5 Å². The lowest BCUT2D eigenvalue weighted by Gasteiger charge is -2.21. The van der Waals surface area contributed by atoms with Crippen molar-refractivity contribution in [1.82, 2.24) is 9.88 Å². The van der Waals surface area contributed by atoms with Crippen LogP contribution in [0.5, 0.6) is 0 Å². The zero-order chi connectivity index (χ0) is 14.1. The number of aliphatic hydroxyl groups is 1. The van der Waals surface area contributed by atoms with Crippen molar-refractivity contribution in [2.75, 3.05) is 26.2 Å². The fourth-order valence-corrected chi connectivity index (χ4v) is 1.66. The highest BCUT2D eigenvalue weighted by molar-refractivity contribution is 5.96. The SMILES string of the molecule is CCN(CCCO)C(=O)c1ccncc1C#CCN. The van der Waals surface area contributed by atoms with E-state index in [2.05, 4.69) is 16.8 Å². The largest absolute Gasteiger partial charge is 0.396 e. The summed E-state index contributed by atoms with van der Waals surface area (Å²) in [6.45, 7) is 3.33. The third-order valence-electron chi connectivity index (χ3n) is 2.63. The van der Waals surface area contributed by atoms with Gasteiger partial charge in [-0.1, -0.05) is 11.8 Å². The van der Waals surface area contributed by atoms with Gasteiger partial charge in [0.2, 0.25) is 0 Å². The van der Waals surface area contributed by atoms with Crippen LogP contribution in [0.25, 0.3) is 0 Å². The van der Waals surface area contributed by atoms with E-state index in [-0.39, 0.29) is 19.1 Å². The predicted octanol–water partition coefficient (Wildman–Crippen LogP) is 0.236. The van der Waals surface area contributed by atoms with Crippen LogP contribution in [0.2, 0.25) is 0 Å². The normalized spacial score (nSPS) is 9.63. The van der Waals surface area contributed by atoms with Crippen molar-refractivity contribution in [3.05, 3.63) is 29.6 Å². The summed E-state index contributed by atoms with van der Waals surface area (Å²) >= 11 is 0. The molecule has 1 rings (SSSR count). The molecule has 0 unspecified atom stereocenters. The number of nitrogens with zero attached hydrogens (tertiary/aromatic N) is 2. The van der Waals surface area contributed by atoms with E-state index in [1.54, 1.807) is 23.4 Å². The molecule has 0 aliphatic carbocycles. The maximum absolute atomic E-state index is 12.4. The van der Waals surface area contributed by atoms with Crippen LogP contribution in [0.3, 0.4) is 0 Å². The Bertz CT molecular complexity index is 477. The van der Waals surface area contributed by atoms with Gasteiger partial charge in [-0.3, -0.25) is 9.78 Å². The number of nitrogens with two attached hydrogens (primary N) is 1. The minimum absolute atomic E-state index is 0.0694. The van der Waals surface area contributed by atoms with Crippen molar-refractivity contribution >= 4 is 5.91 Å². The summed E-state index contributed by atoms with van der Waals surface area (Å²) in [5, 5.41) is 8.85. The van der Waals surface area contributed by atoms with E-state index in [4.69, 9.17) is 10.8 Å². The van der Waals surface area contributed by atoms with E-state index in [0.29, 0.717) is 30.6 Å². The summed E-state index contributed by atoms with van der Waals surface area (Å²) in [5.74, 6) is 5.48. The Kier molecular flexibility index (Phi) is 6.58. The van der Waals surface area contributed by atoms with Gasteiger partial charge in [0.25, 0.3) is 5.91 Å². The lowest BCUT2D eigenvalue weighted by Crippen LogP contribution is -2.32. The number of aliphatic hydroxyl groups excluding tert-OH is 1. The minimum Gasteiger partial charge on any atom is -0.396 e. The first-order valence-electron chi connectivity index (χ1n) is 6.27. The van der Waals surface area contributed by atoms with Gasteiger partial charge in [-0.25, -0.2) is 0 Å². The molecule has 0 spiro atoms. The van der Waals surface area contributed by atoms with E-state index >= 15 is 0 Å². The molecule has 0 radical (unpaired) electrons. The number of carbonyl (C=O) groups excluding carboxylic acids is 1. The van der Waals surface area contributed by atoms with Crippen molar-refractivity contribution in [3.63, 3.8) is 0 Å². The summed E-state index contributed by atoms with van der Waals surface area (Å²) in [7, 11) is 0. The first-order valence-corrected chi connectivity index (χ1v) is 6.27. The number of hydrogen-bond donors (Lipinski definition) is 2. The number of rotatable bonds is 5. The highest BCUT2D eigenvalue weighted by Crippen LogP contribution is 2.10. The maximum atomic E-state index is 12.4. The van der Waals surface area contributed by atoms with Gasteiger partial charge in [0.05, 0.1) is 17.7 Å². The van der Waals surface area contributed by atoms with Crippen LogP contribution in [-0.4, -0.2) is 47.1 Å². The van der Waals surface area contributed by atoms with Crippen LogP contribution in [0, 0.1) is 11.8 Å². The average Bonchev–Trinajstić information content (AvgIpc) is 2.46. The maximum Gasteiger partial charge on any atom is 0.255 e. The Morgan fingerprint density at radius 1 is 1.58 bits per heavy atom. The fourth-order valence-electron chi connectivity index (χ4n) is 1.66. The summed E-state index contributed by atoms with van der Waals surface area (Å²) in [4.78, 5) is 18.0. The first kappa shape index (κ1) is 15.2. The summed E-state index contributed by atoms with van der Waals surface area (Å²) in [6, 6.07) is 1.66. The first-order chi connectivity index (χ1) is 9.24. The van der Waals surface area contributed by atoms with Crippen molar-refractivity contribution in [2.45, 2.75) is 13.3 Å². The summed E-state index contributed by atoms with van der Waals surface area (Å²) in [5.41, 5.74) is 6.44. The third-order valence-corrected chi connectivity index (χ3v) is 2.63. The molecule has 1 aromatic rings. The van der Waals surface area contributed by atoms with Gasteiger partial charge in [0.1, 0.15) is 0 Å². The molecule has 0 saturated carbocycles.